The highest BCUT2D eigenvalue weighted by Gasteiger charge is 2.21. The molecule has 2 N–H and O–H groups in total. The van der Waals surface area contributed by atoms with Crippen LogP contribution in [0.15, 0.2) is 0 Å². The van der Waals surface area contributed by atoms with E-state index in [1.807, 2.05) is 20.8 Å². The molecule has 0 aromatic carbocycles. The predicted octanol–water partition coefficient (Wildman–Crippen LogP) is 1.37. The minimum absolute atomic E-state index is 0. The van der Waals surface area contributed by atoms with Crippen LogP contribution in [0, 0.1) is 11.3 Å². The van der Waals surface area contributed by atoms with Crippen LogP contribution >= 0.6 is 12.4 Å². The van der Waals surface area contributed by atoms with Crippen molar-refractivity contribution in [2.75, 3.05) is 25.4 Å². The van der Waals surface area contributed by atoms with Crippen LogP contribution in [0.4, 0.5) is 0 Å². The Hall–Kier alpha value is 0.160. The molecule has 4 nitrogen and oxygen atoms in total. The molecule has 1 atom stereocenters. The average molecular weight is 285 g/mol. The van der Waals surface area contributed by atoms with Gasteiger partial charge in [-0.25, -0.2) is 13.1 Å². The maximum Gasteiger partial charge on any atom is 0.212 e. The summed E-state index contributed by atoms with van der Waals surface area (Å²) in [6.45, 7) is 8.48. The lowest BCUT2D eigenvalue weighted by molar-refractivity contribution is 0.455. The average Bonchev–Trinajstić information content (AvgIpc) is 2.51. The highest BCUT2D eigenvalue weighted by molar-refractivity contribution is 7.89. The van der Waals surface area contributed by atoms with Crippen molar-refractivity contribution in [3.8, 4) is 0 Å². The van der Waals surface area contributed by atoms with Gasteiger partial charge in [-0.2, -0.15) is 0 Å². The molecule has 1 aliphatic heterocycles. The Labute approximate surface area is 111 Å². The second kappa shape index (κ2) is 6.92. The van der Waals surface area contributed by atoms with E-state index in [0.29, 0.717) is 12.5 Å². The van der Waals surface area contributed by atoms with E-state index in [-0.39, 0.29) is 23.6 Å². The summed E-state index contributed by atoms with van der Waals surface area (Å²) in [5.41, 5.74) is -0.180. The molecular formula is C11H25ClN2O2S. The topological polar surface area (TPSA) is 58.2 Å². The van der Waals surface area contributed by atoms with Crippen LogP contribution in [0.2, 0.25) is 0 Å². The first kappa shape index (κ1) is 17.2. The zero-order valence-electron chi connectivity index (χ0n) is 11.0. The van der Waals surface area contributed by atoms with Gasteiger partial charge in [0.15, 0.2) is 0 Å². The molecule has 1 saturated heterocycles. The fourth-order valence-electron chi connectivity index (χ4n) is 2.00. The number of halogens is 1. The molecular weight excluding hydrogens is 260 g/mol. The molecule has 0 aliphatic carbocycles. The molecule has 1 fully saturated rings. The van der Waals surface area contributed by atoms with Crippen LogP contribution in [0.5, 0.6) is 0 Å². The third-order valence-electron chi connectivity index (χ3n) is 2.66. The fraction of sp³-hybridized carbons (Fsp3) is 1.00. The van der Waals surface area contributed by atoms with Crippen molar-refractivity contribution in [2.24, 2.45) is 11.3 Å². The molecule has 0 aromatic heterocycles. The van der Waals surface area contributed by atoms with Crippen molar-refractivity contribution in [3.63, 3.8) is 0 Å². The number of nitrogens with one attached hydrogen (secondary N) is 2. The fourth-order valence-corrected chi connectivity index (χ4v) is 3.67. The van der Waals surface area contributed by atoms with Gasteiger partial charge in [0.25, 0.3) is 0 Å². The van der Waals surface area contributed by atoms with Crippen LogP contribution in [0.1, 0.15) is 33.6 Å². The zero-order valence-corrected chi connectivity index (χ0v) is 12.6. The van der Waals surface area contributed by atoms with Gasteiger partial charge in [-0.15, -0.1) is 12.4 Å². The molecule has 1 rings (SSSR count). The summed E-state index contributed by atoms with van der Waals surface area (Å²) in [7, 11) is -3.10. The third-order valence-corrected chi connectivity index (χ3v) is 4.55. The highest BCUT2D eigenvalue weighted by atomic mass is 35.5. The van der Waals surface area contributed by atoms with Gasteiger partial charge in [-0.1, -0.05) is 20.8 Å². The molecule has 0 bridgehead atoms. The molecule has 104 valence electrons. The lowest BCUT2D eigenvalue weighted by Crippen LogP contribution is -2.33. The summed E-state index contributed by atoms with van der Waals surface area (Å²) in [6.07, 6.45) is 2.11. The Balaban J connectivity index is 0.00000256. The normalized spacial score (nSPS) is 21.2. The van der Waals surface area contributed by atoms with Crippen LogP contribution < -0.4 is 10.0 Å². The summed E-state index contributed by atoms with van der Waals surface area (Å²) < 4.78 is 26.1. The highest BCUT2D eigenvalue weighted by Crippen LogP contribution is 2.16. The van der Waals surface area contributed by atoms with Gasteiger partial charge in [-0.3, -0.25) is 0 Å². The van der Waals surface area contributed by atoms with Gasteiger partial charge in [0.1, 0.15) is 0 Å². The van der Waals surface area contributed by atoms with E-state index in [4.69, 9.17) is 0 Å². The van der Waals surface area contributed by atoms with Gasteiger partial charge < -0.3 is 5.32 Å². The Kier molecular flexibility index (Phi) is 6.99. The Bertz CT molecular complexity index is 306. The van der Waals surface area contributed by atoms with Crippen molar-refractivity contribution in [2.45, 2.75) is 33.6 Å². The molecule has 6 heteroatoms. The van der Waals surface area contributed by atoms with Gasteiger partial charge in [0.2, 0.25) is 10.0 Å². The Morgan fingerprint density at radius 1 is 1.35 bits per heavy atom. The van der Waals surface area contributed by atoms with Crippen molar-refractivity contribution in [3.05, 3.63) is 0 Å². The third kappa shape index (κ3) is 7.97. The van der Waals surface area contributed by atoms with E-state index >= 15 is 0 Å². The monoisotopic (exact) mass is 284 g/mol. The van der Waals surface area contributed by atoms with E-state index in [1.54, 1.807) is 0 Å². The van der Waals surface area contributed by atoms with Crippen LogP contribution in [0.25, 0.3) is 0 Å². The zero-order chi connectivity index (χ0) is 12.2. The SMILES string of the molecule is CC(C)(C)CS(=O)(=O)NCCC1CCNC1.Cl. The smallest absolute Gasteiger partial charge is 0.212 e. The molecule has 0 amide bonds. The summed E-state index contributed by atoms with van der Waals surface area (Å²) >= 11 is 0. The van der Waals surface area contributed by atoms with E-state index in [0.717, 1.165) is 19.5 Å². The first-order chi connectivity index (χ1) is 7.29. The molecule has 0 radical (unpaired) electrons. The van der Waals surface area contributed by atoms with Crippen LogP contribution in [0.3, 0.4) is 0 Å². The number of rotatable bonds is 5. The Morgan fingerprint density at radius 3 is 2.47 bits per heavy atom. The second-order valence-corrected chi connectivity index (χ2v) is 7.67. The summed E-state index contributed by atoms with van der Waals surface area (Å²) in [5, 5.41) is 3.28. The first-order valence-corrected chi connectivity index (χ1v) is 7.62. The lowest BCUT2D eigenvalue weighted by Gasteiger charge is -2.18. The molecule has 0 saturated carbocycles. The lowest BCUT2D eigenvalue weighted by atomic mass is 10.0. The molecule has 1 aliphatic rings. The largest absolute Gasteiger partial charge is 0.316 e. The van der Waals surface area contributed by atoms with E-state index in [1.165, 1.54) is 6.42 Å². The summed E-state index contributed by atoms with van der Waals surface area (Å²) in [4.78, 5) is 0. The van der Waals surface area contributed by atoms with Gasteiger partial charge in [-0.05, 0) is 37.3 Å². The van der Waals surface area contributed by atoms with E-state index in [2.05, 4.69) is 10.0 Å². The standard InChI is InChI=1S/C11H24N2O2S.ClH/c1-11(2,3)9-16(14,15)13-7-5-10-4-6-12-8-10;/h10,12-13H,4-9H2,1-3H3;1H. The second-order valence-electron chi connectivity index (χ2n) is 5.86. The van der Waals surface area contributed by atoms with Crippen molar-refractivity contribution < 1.29 is 8.42 Å². The minimum atomic E-state index is -3.10. The van der Waals surface area contributed by atoms with Gasteiger partial charge >= 0.3 is 0 Å². The molecule has 17 heavy (non-hydrogen) atoms. The van der Waals surface area contributed by atoms with Crippen molar-refractivity contribution in [1.82, 2.24) is 10.0 Å². The maximum absolute atomic E-state index is 11.7. The minimum Gasteiger partial charge on any atom is -0.316 e. The van der Waals surface area contributed by atoms with E-state index < -0.39 is 10.0 Å². The summed E-state index contributed by atoms with van der Waals surface area (Å²) in [5.74, 6) is 0.834. The maximum atomic E-state index is 11.7. The van der Waals surface area contributed by atoms with Crippen molar-refractivity contribution in [1.29, 1.82) is 0 Å². The molecule has 1 unspecified atom stereocenters. The number of sulfonamides is 1. The molecule has 0 aromatic rings. The van der Waals surface area contributed by atoms with Crippen LogP contribution in [-0.4, -0.2) is 33.8 Å². The first-order valence-electron chi connectivity index (χ1n) is 5.97. The molecule has 1 heterocycles. The van der Waals surface area contributed by atoms with Gasteiger partial charge in [0.05, 0.1) is 5.75 Å². The summed E-state index contributed by atoms with van der Waals surface area (Å²) in [6, 6.07) is 0. The van der Waals surface area contributed by atoms with Crippen LogP contribution in [-0.2, 0) is 10.0 Å². The Morgan fingerprint density at radius 2 is 2.00 bits per heavy atom. The predicted molar refractivity (Wildman–Crippen MR) is 74.1 cm³/mol. The van der Waals surface area contributed by atoms with Gasteiger partial charge in [0, 0.05) is 6.54 Å². The number of hydrogen-bond donors (Lipinski definition) is 2. The number of hydrogen-bond acceptors (Lipinski definition) is 3. The quantitative estimate of drug-likeness (QED) is 0.802. The van der Waals surface area contributed by atoms with E-state index in [9.17, 15) is 8.42 Å². The van der Waals surface area contributed by atoms with Crippen molar-refractivity contribution >= 4 is 22.4 Å². The molecule has 0 spiro atoms.